The van der Waals surface area contributed by atoms with E-state index in [-0.39, 0.29) is 5.92 Å². The summed E-state index contributed by atoms with van der Waals surface area (Å²) in [5, 5.41) is 9.63. The zero-order valence-electron chi connectivity index (χ0n) is 17.6. The van der Waals surface area contributed by atoms with Gasteiger partial charge in [0.2, 0.25) is 0 Å². The van der Waals surface area contributed by atoms with Crippen LogP contribution in [0.1, 0.15) is 44.6 Å². The maximum absolute atomic E-state index is 11.7. The van der Waals surface area contributed by atoms with Crippen LogP contribution in [-0.2, 0) is 11.3 Å². The highest BCUT2D eigenvalue weighted by atomic mass is 16.5. The number of hydrogen-bond donors (Lipinski definition) is 1. The number of methoxy groups -OCH3 is 1. The Hall–Kier alpha value is -2.33. The Kier molecular flexibility index (Phi) is 7.70. The monoisotopic (exact) mass is 395 g/mol. The molecule has 1 heterocycles. The minimum Gasteiger partial charge on any atom is -0.497 e. The van der Waals surface area contributed by atoms with Crippen LogP contribution in [-0.4, -0.2) is 36.2 Å². The van der Waals surface area contributed by atoms with Gasteiger partial charge in [0.1, 0.15) is 5.75 Å². The third-order valence-corrected chi connectivity index (χ3v) is 6.18. The number of unbranched alkanes of at least 4 members (excludes halogenated alkanes) is 1. The van der Waals surface area contributed by atoms with Gasteiger partial charge in [0, 0.05) is 6.54 Å². The summed E-state index contributed by atoms with van der Waals surface area (Å²) >= 11 is 0. The quantitative estimate of drug-likeness (QED) is 0.612. The molecule has 0 radical (unpaired) electrons. The van der Waals surface area contributed by atoms with Crippen molar-refractivity contribution < 1.29 is 14.6 Å². The number of rotatable bonds is 9. The fourth-order valence-corrected chi connectivity index (χ4v) is 4.47. The molecule has 29 heavy (non-hydrogen) atoms. The van der Waals surface area contributed by atoms with Gasteiger partial charge < -0.3 is 9.84 Å². The molecule has 1 atom stereocenters. The normalized spacial score (nSPS) is 16.5. The lowest BCUT2D eigenvalue weighted by atomic mass is 9.81. The smallest absolute Gasteiger partial charge is 0.306 e. The minimum absolute atomic E-state index is 0.179. The largest absolute Gasteiger partial charge is 0.497 e. The molecule has 0 aromatic heterocycles. The first-order chi connectivity index (χ1) is 14.1. The van der Waals surface area contributed by atoms with Crippen LogP contribution < -0.4 is 4.74 Å². The molecule has 0 amide bonds. The Morgan fingerprint density at radius 3 is 2.62 bits per heavy atom. The molecule has 2 aromatic carbocycles. The molecule has 0 saturated carbocycles. The highest BCUT2D eigenvalue weighted by Crippen LogP contribution is 2.32. The first-order valence-electron chi connectivity index (χ1n) is 10.8. The summed E-state index contributed by atoms with van der Waals surface area (Å²) in [5.41, 5.74) is 3.71. The molecule has 1 N–H and O–H groups in total. The van der Waals surface area contributed by atoms with Crippen molar-refractivity contribution in [3.05, 3.63) is 54.1 Å². The molecule has 156 valence electrons. The minimum atomic E-state index is -0.611. The Bertz CT molecular complexity index is 796. The zero-order chi connectivity index (χ0) is 20.6. The fourth-order valence-electron chi connectivity index (χ4n) is 4.47. The highest BCUT2D eigenvalue weighted by molar-refractivity contribution is 5.70. The second-order valence-electron chi connectivity index (χ2n) is 8.09. The molecule has 2 aromatic rings. The molecule has 4 heteroatoms. The average Bonchev–Trinajstić information content (AvgIpc) is 2.75. The van der Waals surface area contributed by atoms with Crippen molar-refractivity contribution in [2.24, 2.45) is 11.8 Å². The number of benzene rings is 2. The maximum atomic E-state index is 11.7. The molecular formula is C25H33NO3. The van der Waals surface area contributed by atoms with E-state index in [1.54, 1.807) is 7.11 Å². The average molecular weight is 396 g/mol. The molecule has 0 bridgehead atoms. The van der Waals surface area contributed by atoms with E-state index in [1.807, 2.05) is 12.1 Å². The number of carbonyl (C=O) groups is 1. The lowest BCUT2D eigenvalue weighted by Gasteiger charge is -2.35. The first-order valence-corrected chi connectivity index (χ1v) is 10.8. The summed E-state index contributed by atoms with van der Waals surface area (Å²) in [5.74, 6) is 0.385. The molecule has 4 nitrogen and oxygen atoms in total. The topological polar surface area (TPSA) is 49.8 Å². The Morgan fingerprint density at radius 2 is 1.93 bits per heavy atom. The van der Waals surface area contributed by atoms with E-state index < -0.39 is 5.97 Å². The van der Waals surface area contributed by atoms with Gasteiger partial charge in [-0.15, -0.1) is 0 Å². The molecule has 1 fully saturated rings. The molecule has 1 aliphatic heterocycles. The number of aliphatic carboxylic acids is 1. The van der Waals surface area contributed by atoms with Crippen molar-refractivity contribution in [1.29, 1.82) is 0 Å². The van der Waals surface area contributed by atoms with Crippen LogP contribution in [0.2, 0.25) is 0 Å². The molecule has 0 spiro atoms. The lowest BCUT2D eigenvalue weighted by Crippen LogP contribution is -2.37. The van der Waals surface area contributed by atoms with E-state index in [4.69, 9.17) is 4.74 Å². The fraction of sp³-hybridized carbons (Fsp3) is 0.480. The third kappa shape index (κ3) is 5.60. The number of hydrogen-bond acceptors (Lipinski definition) is 3. The van der Waals surface area contributed by atoms with Crippen LogP contribution in [0.25, 0.3) is 11.1 Å². The van der Waals surface area contributed by atoms with E-state index in [1.165, 1.54) is 16.7 Å². The van der Waals surface area contributed by atoms with Gasteiger partial charge in [-0.25, -0.2) is 0 Å². The predicted octanol–water partition coefficient (Wildman–Crippen LogP) is 5.47. The first kappa shape index (κ1) is 21.4. The Labute approximate surface area is 174 Å². The second-order valence-corrected chi connectivity index (χ2v) is 8.09. The third-order valence-electron chi connectivity index (χ3n) is 6.18. The summed E-state index contributed by atoms with van der Waals surface area (Å²) < 4.78 is 5.39. The van der Waals surface area contributed by atoms with Crippen molar-refractivity contribution >= 4 is 5.97 Å². The van der Waals surface area contributed by atoms with E-state index in [9.17, 15) is 9.90 Å². The number of likely N-dealkylation sites (tertiary alicyclic amines) is 1. The molecule has 3 rings (SSSR count). The number of carboxylic acid groups (broad SMARTS) is 1. The summed E-state index contributed by atoms with van der Waals surface area (Å²) in [6.45, 7) is 4.95. The Balaban J connectivity index is 1.66. The van der Waals surface area contributed by atoms with E-state index in [2.05, 4.69) is 48.2 Å². The van der Waals surface area contributed by atoms with Gasteiger partial charge in [-0.3, -0.25) is 9.69 Å². The molecule has 1 saturated heterocycles. The van der Waals surface area contributed by atoms with Gasteiger partial charge in [0.25, 0.3) is 0 Å². The summed E-state index contributed by atoms with van der Waals surface area (Å²) in [6.07, 6.45) is 4.83. The van der Waals surface area contributed by atoms with E-state index in [0.29, 0.717) is 5.92 Å². The van der Waals surface area contributed by atoms with Crippen LogP contribution in [0.5, 0.6) is 5.75 Å². The van der Waals surface area contributed by atoms with Gasteiger partial charge in [0.15, 0.2) is 0 Å². The number of nitrogens with zero attached hydrogens (tertiary/aromatic N) is 1. The van der Waals surface area contributed by atoms with E-state index >= 15 is 0 Å². The molecular weight excluding hydrogens is 362 g/mol. The molecule has 1 unspecified atom stereocenters. The number of piperidine rings is 1. The van der Waals surface area contributed by atoms with Crippen LogP contribution in [0.15, 0.2) is 48.5 Å². The standard InChI is InChI=1S/C25H33NO3/c1-3-4-11-24(25(27)28)19-13-15-26(16-14-19)18-21-8-5-6-12-23(21)20-9-7-10-22(17-20)29-2/h5-10,12,17,19,24H,3-4,11,13-16,18H2,1-2H3,(H,27,28). The van der Waals surface area contributed by atoms with Crippen molar-refractivity contribution in [3.63, 3.8) is 0 Å². The highest BCUT2D eigenvalue weighted by Gasteiger charge is 2.30. The summed E-state index contributed by atoms with van der Waals surface area (Å²) in [6, 6.07) is 16.7. The van der Waals surface area contributed by atoms with Crippen molar-refractivity contribution in [2.75, 3.05) is 20.2 Å². The van der Waals surface area contributed by atoms with Crippen molar-refractivity contribution in [2.45, 2.75) is 45.6 Å². The van der Waals surface area contributed by atoms with Crippen LogP contribution in [0.3, 0.4) is 0 Å². The van der Waals surface area contributed by atoms with Gasteiger partial charge in [0.05, 0.1) is 13.0 Å². The lowest BCUT2D eigenvalue weighted by molar-refractivity contribution is -0.144. The zero-order valence-corrected chi connectivity index (χ0v) is 17.6. The summed E-state index contributed by atoms with van der Waals surface area (Å²) in [4.78, 5) is 14.2. The van der Waals surface area contributed by atoms with Gasteiger partial charge in [-0.2, -0.15) is 0 Å². The van der Waals surface area contributed by atoms with Crippen molar-refractivity contribution in [1.82, 2.24) is 4.90 Å². The van der Waals surface area contributed by atoms with Gasteiger partial charge >= 0.3 is 5.97 Å². The predicted molar refractivity (Wildman–Crippen MR) is 117 cm³/mol. The van der Waals surface area contributed by atoms with Crippen LogP contribution >= 0.6 is 0 Å². The SMILES string of the molecule is CCCCC(C(=O)O)C1CCN(Cc2ccccc2-c2cccc(OC)c2)CC1. The number of ether oxygens (including phenoxy) is 1. The molecule has 0 aliphatic carbocycles. The van der Waals surface area contributed by atoms with Gasteiger partial charge in [-0.1, -0.05) is 56.2 Å². The van der Waals surface area contributed by atoms with Crippen molar-refractivity contribution in [3.8, 4) is 16.9 Å². The van der Waals surface area contributed by atoms with E-state index in [0.717, 1.165) is 57.5 Å². The van der Waals surface area contributed by atoms with Gasteiger partial charge in [-0.05, 0) is 67.1 Å². The van der Waals surface area contributed by atoms with Crippen LogP contribution in [0.4, 0.5) is 0 Å². The molecule has 1 aliphatic rings. The number of carboxylic acids is 1. The Morgan fingerprint density at radius 1 is 1.17 bits per heavy atom. The van der Waals surface area contributed by atoms with Crippen LogP contribution in [0, 0.1) is 11.8 Å². The maximum Gasteiger partial charge on any atom is 0.306 e. The summed E-state index contributed by atoms with van der Waals surface area (Å²) in [7, 11) is 1.69. The second kappa shape index (κ2) is 10.4.